The minimum atomic E-state index is -3.59. The maximum absolute atomic E-state index is 12.8. The molecule has 0 radical (unpaired) electrons. The first-order valence-electron chi connectivity index (χ1n) is 8.20. The van der Waals surface area contributed by atoms with Crippen molar-refractivity contribution in [3.63, 3.8) is 0 Å². The van der Waals surface area contributed by atoms with E-state index in [-0.39, 0.29) is 16.4 Å². The summed E-state index contributed by atoms with van der Waals surface area (Å²) < 4.78 is 29.9. The Morgan fingerprint density at radius 1 is 1.21 bits per heavy atom. The highest BCUT2D eigenvalue weighted by atomic mass is 32.2. The van der Waals surface area contributed by atoms with Crippen LogP contribution in [0.4, 0.5) is 0 Å². The van der Waals surface area contributed by atoms with Crippen molar-refractivity contribution >= 4 is 10.0 Å². The van der Waals surface area contributed by atoms with Crippen LogP contribution in [0.5, 0.6) is 0 Å². The Balaban J connectivity index is 2.11. The van der Waals surface area contributed by atoms with E-state index in [1.165, 1.54) is 5.56 Å². The molecule has 1 aromatic carbocycles. The average molecular weight is 350 g/mol. The van der Waals surface area contributed by atoms with Crippen LogP contribution in [0.2, 0.25) is 0 Å². The van der Waals surface area contributed by atoms with Crippen LogP contribution in [0, 0.1) is 0 Å². The van der Waals surface area contributed by atoms with Gasteiger partial charge in [0.1, 0.15) is 4.90 Å². The van der Waals surface area contributed by atoms with E-state index in [0.29, 0.717) is 5.69 Å². The molecule has 1 atom stereocenters. The molecule has 2 aromatic rings. The lowest BCUT2D eigenvalue weighted by Gasteiger charge is -2.19. The van der Waals surface area contributed by atoms with Gasteiger partial charge >= 0.3 is 0 Å². The molecular weight excluding hydrogens is 322 g/mol. The Morgan fingerprint density at radius 2 is 1.83 bits per heavy atom. The fraction of sp³-hybridized carbons (Fsp3) is 0.500. The second-order valence-electron chi connectivity index (χ2n) is 7.31. The molecule has 1 heterocycles. The molecule has 0 bridgehead atoms. The molecule has 132 valence electrons. The van der Waals surface area contributed by atoms with Crippen LogP contribution < -0.4 is 4.72 Å². The predicted octanol–water partition coefficient (Wildman–Crippen LogP) is 3.02. The molecule has 0 spiro atoms. The second kappa shape index (κ2) is 7.07. The third-order valence-electron chi connectivity index (χ3n) is 3.86. The van der Waals surface area contributed by atoms with Crippen LogP contribution in [0.15, 0.2) is 41.4 Å². The second-order valence-corrected chi connectivity index (χ2v) is 8.99. The highest BCUT2D eigenvalue weighted by molar-refractivity contribution is 7.89. The van der Waals surface area contributed by atoms with Gasteiger partial charge in [0.15, 0.2) is 0 Å². The number of hydrogen-bond donors (Lipinski definition) is 1. The zero-order chi connectivity index (χ0) is 18.0. The van der Waals surface area contributed by atoms with Gasteiger partial charge in [-0.3, -0.25) is 4.68 Å². The summed E-state index contributed by atoms with van der Waals surface area (Å²) in [5.74, 6) is 0. The van der Waals surface area contributed by atoms with Crippen molar-refractivity contribution in [1.82, 2.24) is 14.5 Å². The Hall–Kier alpha value is -1.66. The minimum absolute atomic E-state index is 0.150. The van der Waals surface area contributed by atoms with Crippen LogP contribution in [0.1, 0.15) is 45.4 Å². The van der Waals surface area contributed by atoms with E-state index in [4.69, 9.17) is 0 Å². The van der Waals surface area contributed by atoms with E-state index >= 15 is 0 Å². The van der Waals surface area contributed by atoms with Gasteiger partial charge in [-0.05, 0) is 25.3 Å². The molecule has 0 saturated carbocycles. The highest BCUT2D eigenvalue weighted by Gasteiger charge is 2.30. The van der Waals surface area contributed by atoms with Gasteiger partial charge in [0.2, 0.25) is 10.0 Å². The Morgan fingerprint density at radius 3 is 2.42 bits per heavy atom. The summed E-state index contributed by atoms with van der Waals surface area (Å²) >= 11 is 0. The molecule has 0 saturated heterocycles. The normalized spacial score (nSPS) is 13.9. The molecule has 0 aliphatic rings. The lowest BCUT2D eigenvalue weighted by Crippen LogP contribution is -2.34. The summed E-state index contributed by atoms with van der Waals surface area (Å²) in [4.78, 5) is 0.268. The third-order valence-corrected chi connectivity index (χ3v) is 5.45. The maximum atomic E-state index is 12.8. The Labute approximate surface area is 145 Å². The molecule has 1 aromatic heterocycles. The monoisotopic (exact) mass is 349 g/mol. The number of benzene rings is 1. The SMILES string of the molecule is CC(CCc1ccccc1)NS(=O)(=O)c1cn(C)nc1C(C)(C)C. The standard InChI is InChI=1S/C18H27N3O2S/c1-14(11-12-15-9-7-6-8-10-15)20-24(22,23)16-13-21(5)19-17(16)18(2,3)4/h6-10,13-14,20H,11-12H2,1-5H3. The molecule has 0 fully saturated rings. The molecule has 0 amide bonds. The Kier molecular flexibility index (Phi) is 5.50. The summed E-state index contributed by atoms with van der Waals surface area (Å²) in [6, 6.07) is 9.93. The average Bonchev–Trinajstić information content (AvgIpc) is 2.89. The first kappa shape index (κ1) is 18.7. The molecule has 0 aliphatic carbocycles. The van der Waals surface area contributed by atoms with E-state index in [2.05, 4.69) is 22.0 Å². The maximum Gasteiger partial charge on any atom is 0.244 e. The molecule has 2 rings (SSSR count). The van der Waals surface area contributed by atoms with E-state index in [9.17, 15) is 8.42 Å². The minimum Gasteiger partial charge on any atom is -0.274 e. The van der Waals surface area contributed by atoms with Crippen molar-refractivity contribution < 1.29 is 8.42 Å². The van der Waals surface area contributed by atoms with Crippen molar-refractivity contribution in [1.29, 1.82) is 0 Å². The lowest BCUT2D eigenvalue weighted by molar-refractivity contribution is 0.526. The topological polar surface area (TPSA) is 64.0 Å². The van der Waals surface area contributed by atoms with Gasteiger partial charge < -0.3 is 0 Å². The van der Waals surface area contributed by atoms with E-state index in [1.807, 2.05) is 45.9 Å². The van der Waals surface area contributed by atoms with Crippen LogP contribution in [-0.2, 0) is 28.9 Å². The number of hydrogen-bond acceptors (Lipinski definition) is 3. The first-order chi connectivity index (χ1) is 11.1. The molecule has 1 N–H and O–H groups in total. The van der Waals surface area contributed by atoms with Gasteiger partial charge in [-0.2, -0.15) is 5.10 Å². The van der Waals surface area contributed by atoms with Crippen LogP contribution >= 0.6 is 0 Å². The van der Waals surface area contributed by atoms with Gasteiger partial charge in [0, 0.05) is 24.7 Å². The van der Waals surface area contributed by atoms with Gasteiger partial charge in [-0.15, -0.1) is 0 Å². The van der Waals surface area contributed by atoms with Gasteiger partial charge in [-0.25, -0.2) is 13.1 Å². The third kappa shape index (κ3) is 4.68. The zero-order valence-corrected chi connectivity index (χ0v) is 15.9. The number of nitrogens with one attached hydrogen (secondary N) is 1. The summed E-state index contributed by atoms with van der Waals surface area (Å²) in [6.45, 7) is 7.79. The largest absolute Gasteiger partial charge is 0.274 e. The quantitative estimate of drug-likeness (QED) is 0.872. The van der Waals surface area contributed by atoms with E-state index < -0.39 is 10.0 Å². The molecule has 1 unspecified atom stereocenters. The zero-order valence-electron chi connectivity index (χ0n) is 15.1. The summed E-state index contributed by atoms with van der Waals surface area (Å²) in [6.07, 6.45) is 3.16. The molecular formula is C18H27N3O2S. The number of aryl methyl sites for hydroxylation is 2. The first-order valence-corrected chi connectivity index (χ1v) is 9.68. The van der Waals surface area contributed by atoms with Crippen LogP contribution in [0.3, 0.4) is 0 Å². The smallest absolute Gasteiger partial charge is 0.244 e. The fourth-order valence-corrected chi connectivity index (χ4v) is 4.27. The van der Waals surface area contributed by atoms with E-state index in [0.717, 1.165) is 12.8 Å². The molecule has 24 heavy (non-hydrogen) atoms. The van der Waals surface area contributed by atoms with Crippen molar-refractivity contribution in [3.05, 3.63) is 47.8 Å². The number of sulfonamides is 1. The lowest BCUT2D eigenvalue weighted by atomic mass is 9.92. The predicted molar refractivity (Wildman–Crippen MR) is 96.5 cm³/mol. The van der Waals surface area contributed by atoms with Gasteiger partial charge in [0.05, 0.1) is 5.69 Å². The van der Waals surface area contributed by atoms with Crippen molar-refractivity contribution in [2.45, 2.75) is 56.9 Å². The van der Waals surface area contributed by atoms with Crippen LogP contribution in [-0.4, -0.2) is 24.2 Å². The highest BCUT2D eigenvalue weighted by Crippen LogP contribution is 2.27. The van der Waals surface area contributed by atoms with Crippen LogP contribution in [0.25, 0.3) is 0 Å². The van der Waals surface area contributed by atoms with E-state index in [1.54, 1.807) is 17.9 Å². The Bertz CT molecular complexity index is 774. The molecule has 6 heteroatoms. The van der Waals surface area contributed by atoms with Gasteiger partial charge in [0.25, 0.3) is 0 Å². The fourth-order valence-electron chi connectivity index (χ4n) is 2.60. The molecule has 5 nitrogen and oxygen atoms in total. The van der Waals surface area contributed by atoms with Crippen molar-refractivity contribution in [2.75, 3.05) is 0 Å². The van der Waals surface area contributed by atoms with Crippen molar-refractivity contribution in [3.8, 4) is 0 Å². The summed E-state index contributed by atoms with van der Waals surface area (Å²) in [7, 11) is -1.85. The summed E-state index contributed by atoms with van der Waals surface area (Å²) in [5, 5.41) is 4.35. The van der Waals surface area contributed by atoms with Crippen molar-refractivity contribution in [2.24, 2.45) is 7.05 Å². The molecule has 0 aliphatic heterocycles. The summed E-state index contributed by atoms with van der Waals surface area (Å²) in [5.41, 5.74) is 1.46. The number of rotatable bonds is 6. The number of nitrogens with zero attached hydrogens (tertiary/aromatic N) is 2. The number of aromatic nitrogens is 2. The van der Waals surface area contributed by atoms with Gasteiger partial charge in [-0.1, -0.05) is 51.1 Å².